The molecular weight excluding hydrogens is 172 g/mol. The molecule has 0 aliphatic carbocycles. The maximum Gasteiger partial charge on any atom is 0.0462 e. The van der Waals surface area contributed by atoms with E-state index in [1.54, 1.807) is 7.11 Å². The molecule has 0 aromatic heterocycles. The van der Waals surface area contributed by atoms with Gasteiger partial charge in [0.2, 0.25) is 0 Å². The van der Waals surface area contributed by atoms with Crippen molar-refractivity contribution in [1.82, 2.24) is 0 Å². The summed E-state index contributed by atoms with van der Waals surface area (Å²) in [7, 11) is 1.75. The van der Waals surface area contributed by atoms with Crippen LogP contribution in [0.4, 0.5) is 0 Å². The van der Waals surface area contributed by atoms with E-state index in [2.05, 4.69) is 13.8 Å². The van der Waals surface area contributed by atoms with Crippen molar-refractivity contribution >= 4 is 11.6 Å². The first-order valence-electron chi connectivity index (χ1n) is 4.85. The average molecular weight is 193 g/mol. The topological polar surface area (TPSA) is 9.23 Å². The summed E-state index contributed by atoms with van der Waals surface area (Å²) >= 11 is 6.03. The molecule has 0 aliphatic heterocycles. The third kappa shape index (κ3) is 5.84. The molecule has 0 bridgehead atoms. The molecule has 2 unspecified atom stereocenters. The first-order valence-corrected chi connectivity index (χ1v) is 5.29. The summed E-state index contributed by atoms with van der Waals surface area (Å²) in [5.74, 6) is 0.684. The molecular formula is C10H21ClO. The lowest BCUT2D eigenvalue weighted by Crippen LogP contribution is -2.10. The second kappa shape index (κ2) is 7.88. The molecule has 0 aliphatic rings. The van der Waals surface area contributed by atoms with Gasteiger partial charge in [0.05, 0.1) is 0 Å². The number of halogens is 1. The van der Waals surface area contributed by atoms with Crippen molar-refractivity contribution in [3.8, 4) is 0 Å². The van der Waals surface area contributed by atoms with Gasteiger partial charge in [-0.15, -0.1) is 11.6 Å². The van der Waals surface area contributed by atoms with Crippen LogP contribution >= 0.6 is 11.6 Å². The van der Waals surface area contributed by atoms with Crippen molar-refractivity contribution in [3.05, 3.63) is 0 Å². The Morgan fingerprint density at radius 3 is 2.42 bits per heavy atom. The fraction of sp³-hybridized carbons (Fsp3) is 1.00. The highest BCUT2D eigenvalue weighted by Gasteiger charge is 2.11. The number of methoxy groups -OCH3 is 1. The van der Waals surface area contributed by atoms with Crippen LogP contribution in [0.15, 0.2) is 0 Å². The van der Waals surface area contributed by atoms with E-state index < -0.39 is 0 Å². The molecule has 0 saturated carbocycles. The standard InChI is InChI=1S/C10H21ClO/c1-4-10(9(2)11)7-5-6-8-12-3/h9-10H,4-8H2,1-3H3. The minimum absolute atomic E-state index is 0.317. The van der Waals surface area contributed by atoms with E-state index in [-0.39, 0.29) is 0 Å². The number of hydrogen-bond donors (Lipinski definition) is 0. The Labute approximate surface area is 81.4 Å². The Kier molecular flexibility index (Phi) is 8.04. The van der Waals surface area contributed by atoms with Gasteiger partial charge in [-0.25, -0.2) is 0 Å². The fourth-order valence-corrected chi connectivity index (χ4v) is 1.72. The number of hydrogen-bond acceptors (Lipinski definition) is 1. The molecule has 0 N–H and O–H groups in total. The van der Waals surface area contributed by atoms with Crippen molar-refractivity contribution in [2.45, 2.75) is 44.9 Å². The van der Waals surface area contributed by atoms with Crippen LogP contribution < -0.4 is 0 Å². The van der Waals surface area contributed by atoms with E-state index >= 15 is 0 Å². The van der Waals surface area contributed by atoms with Gasteiger partial charge in [0.1, 0.15) is 0 Å². The van der Waals surface area contributed by atoms with Gasteiger partial charge in [0.25, 0.3) is 0 Å². The SMILES string of the molecule is CCC(CCCCOC)C(C)Cl. The maximum atomic E-state index is 6.03. The van der Waals surface area contributed by atoms with Crippen LogP contribution in [0.2, 0.25) is 0 Å². The van der Waals surface area contributed by atoms with Gasteiger partial charge in [-0.2, -0.15) is 0 Å². The summed E-state index contributed by atoms with van der Waals surface area (Å²) in [5.41, 5.74) is 0. The number of unbranched alkanes of at least 4 members (excludes halogenated alkanes) is 1. The Hall–Kier alpha value is 0.250. The van der Waals surface area contributed by atoms with Crippen LogP contribution in [-0.2, 0) is 4.74 Å². The largest absolute Gasteiger partial charge is 0.385 e. The van der Waals surface area contributed by atoms with Gasteiger partial charge in [0.15, 0.2) is 0 Å². The molecule has 0 saturated heterocycles. The Balaban J connectivity index is 3.32. The van der Waals surface area contributed by atoms with E-state index in [4.69, 9.17) is 16.3 Å². The van der Waals surface area contributed by atoms with E-state index in [0.717, 1.165) is 13.0 Å². The summed E-state index contributed by atoms with van der Waals surface area (Å²) < 4.78 is 4.98. The van der Waals surface area contributed by atoms with Gasteiger partial charge >= 0.3 is 0 Å². The van der Waals surface area contributed by atoms with Gasteiger partial charge in [0, 0.05) is 19.1 Å². The predicted molar refractivity (Wildman–Crippen MR) is 54.8 cm³/mol. The first kappa shape index (κ1) is 12.2. The third-order valence-corrected chi connectivity index (χ3v) is 2.70. The van der Waals surface area contributed by atoms with Crippen LogP contribution in [-0.4, -0.2) is 19.1 Å². The summed E-state index contributed by atoms with van der Waals surface area (Å²) in [5, 5.41) is 0.317. The van der Waals surface area contributed by atoms with E-state index in [0.29, 0.717) is 11.3 Å². The number of ether oxygens (including phenoxy) is 1. The molecule has 0 fully saturated rings. The lowest BCUT2D eigenvalue weighted by Gasteiger charge is -2.16. The molecule has 0 heterocycles. The maximum absolute atomic E-state index is 6.03. The lowest BCUT2D eigenvalue weighted by molar-refractivity contribution is 0.190. The molecule has 0 rings (SSSR count). The highest BCUT2D eigenvalue weighted by Crippen LogP contribution is 2.20. The van der Waals surface area contributed by atoms with Crippen LogP contribution in [0.5, 0.6) is 0 Å². The summed E-state index contributed by atoms with van der Waals surface area (Å²) in [6.07, 6.45) is 4.84. The van der Waals surface area contributed by atoms with Crippen molar-refractivity contribution in [3.63, 3.8) is 0 Å². The van der Waals surface area contributed by atoms with Crippen LogP contribution in [0.3, 0.4) is 0 Å². The Morgan fingerprint density at radius 2 is 2.00 bits per heavy atom. The minimum atomic E-state index is 0.317. The van der Waals surface area contributed by atoms with Crippen LogP contribution in [0.25, 0.3) is 0 Å². The van der Waals surface area contributed by atoms with Crippen LogP contribution in [0.1, 0.15) is 39.5 Å². The smallest absolute Gasteiger partial charge is 0.0462 e. The fourth-order valence-electron chi connectivity index (χ4n) is 1.41. The van der Waals surface area contributed by atoms with Gasteiger partial charge in [-0.3, -0.25) is 0 Å². The van der Waals surface area contributed by atoms with Crippen molar-refractivity contribution in [1.29, 1.82) is 0 Å². The van der Waals surface area contributed by atoms with Gasteiger partial charge < -0.3 is 4.74 Å². The van der Waals surface area contributed by atoms with Crippen molar-refractivity contribution in [2.75, 3.05) is 13.7 Å². The molecule has 2 atom stereocenters. The van der Waals surface area contributed by atoms with Gasteiger partial charge in [-0.05, 0) is 25.7 Å². The monoisotopic (exact) mass is 192 g/mol. The zero-order valence-electron chi connectivity index (χ0n) is 8.48. The highest BCUT2D eigenvalue weighted by atomic mass is 35.5. The highest BCUT2D eigenvalue weighted by molar-refractivity contribution is 6.20. The third-order valence-electron chi connectivity index (χ3n) is 2.35. The molecule has 0 amide bonds. The molecule has 0 aromatic rings. The summed E-state index contributed by atoms with van der Waals surface area (Å²) in [4.78, 5) is 0. The second-order valence-corrected chi connectivity index (χ2v) is 4.02. The molecule has 74 valence electrons. The van der Waals surface area contributed by atoms with E-state index in [1.807, 2.05) is 0 Å². The lowest BCUT2D eigenvalue weighted by atomic mass is 9.96. The Morgan fingerprint density at radius 1 is 1.33 bits per heavy atom. The molecule has 12 heavy (non-hydrogen) atoms. The van der Waals surface area contributed by atoms with Crippen LogP contribution in [0, 0.1) is 5.92 Å². The number of rotatable bonds is 7. The first-order chi connectivity index (χ1) is 5.72. The Bertz CT molecular complexity index is 93.8. The van der Waals surface area contributed by atoms with Crippen molar-refractivity contribution < 1.29 is 4.74 Å². The van der Waals surface area contributed by atoms with Crippen molar-refractivity contribution in [2.24, 2.45) is 5.92 Å². The summed E-state index contributed by atoms with van der Waals surface area (Å²) in [6, 6.07) is 0. The van der Waals surface area contributed by atoms with E-state index in [1.165, 1.54) is 19.3 Å². The minimum Gasteiger partial charge on any atom is -0.385 e. The van der Waals surface area contributed by atoms with Gasteiger partial charge in [-0.1, -0.05) is 19.8 Å². The molecule has 0 radical (unpaired) electrons. The zero-order valence-corrected chi connectivity index (χ0v) is 9.23. The second-order valence-electron chi connectivity index (χ2n) is 3.33. The quantitative estimate of drug-likeness (QED) is 0.444. The zero-order chi connectivity index (χ0) is 9.40. The normalized spacial score (nSPS) is 16.0. The predicted octanol–water partition coefficient (Wildman–Crippen LogP) is 3.46. The van der Waals surface area contributed by atoms with E-state index in [9.17, 15) is 0 Å². The average Bonchev–Trinajstić information content (AvgIpc) is 2.04. The summed E-state index contributed by atoms with van der Waals surface area (Å²) in [6.45, 7) is 5.18. The molecule has 0 spiro atoms. The molecule has 0 aromatic carbocycles. The molecule has 2 heteroatoms. The number of alkyl halides is 1. The molecule has 1 nitrogen and oxygen atoms in total.